The Labute approximate surface area is 107 Å². The predicted octanol–water partition coefficient (Wildman–Crippen LogP) is -0.405. The van der Waals surface area contributed by atoms with Crippen LogP contribution in [0.15, 0.2) is 0 Å². The van der Waals surface area contributed by atoms with Crippen molar-refractivity contribution in [3.05, 3.63) is 0 Å². The molecule has 0 aromatic rings. The summed E-state index contributed by atoms with van der Waals surface area (Å²) in [5.41, 5.74) is -0.381. The molecule has 104 valence electrons. The van der Waals surface area contributed by atoms with Crippen molar-refractivity contribution in [3.8, 4) is 0 Å². The second-order valence-corrected chi connectivity index (χ2v) is 7.87. The Morgan fingerprint density at radius 2 is 1.83 bits per heavy atom. The van der Waals surface area contributed by atoms with Gasteiger partial charge in [0.25, 0.3) is 0 Å². The van der Waals surface area contributed by atoms with E-state index in [1.807, 2.05) is 20.8 Å². The van der Waals surface area contributed by atoms with Crippen molar-refractivity contribution in [2.45, 2.75) is 45.2 Å². The van der Waals surface area contributed by atoms with Crippen molar-refractivity contribution in [2.75, 3.05) is 11.5 Å². The van der Waals surface area contributed by atoms with Crippen molar-refractivity contribution in [1.29, 1.82) is 0 Å². The minimum absolute atomic E-state index is 0.0281. The van der Waals surface area contributed by atoms with Crippen LogP contribution < -0.4 is 10.6 Å². The molecule has 1 unspecified atom stereocenters. The van der Waals surface area contributed by atoms with E-state index in [4.69, 9.17) is 0 Å². The summed E-state index contributed by atoms with van der Waals surface area (Å²) in [4.78, 5) is 23.0. The fourth-order valence-corrected chi connectivity index (χ4v) is 3.47. The third kappa shape index (κ3) is 5.48. The van der Waals surface area contributed by atoms with Crippen molar-refractivity contribution >= 4 is 21.7 Å². The Morgan fingerprint density at radius 3 is 2.28 bits per heavy atom. The number of carbonyl (C=O) groups is 2. The second-order valence-electron chi connectivity index (χ2n) is 5.64. The van der Waals surface area contributed by atoms with E-state index in [-0.39, 0.29) is 35.4 Å². The van der Waals surface area contributed by atoms with Crippen LogP contribution in [0.4, 0.5) is 0 Å². The highest BCUT2D eigenvalue weighted by molar-refractivity contribution is 7.91. The zero-order chi connectivity index (χ0) is 14.0. The molecule has 0 aromatic carbocycles. The topological polar surface area (TPSA) is 92.3 Å². The van der Waals surface area contributed by atoms with Crippen LogP contribution in [0.5, 0.6) is 0 Å². The van der Waals surface area contributed by atoms with Gasteiger partial charge in [-0.1, -0.05) is 0 Å². The highest BCUT2D eigenvalue weighted by Gasteiger charge is 2.29. The molecule has 1 aliphatic rings. The SMILES string of the molecule is CC(C)(C)NC(=O)CC(=O)NC1CCS(=O)(=O)C1. The summed E-state index contributed by atoms with van der Waals surface area (Å²) in [6.07, 6.45) is 0.156. The first-order valence-electron chi connectivity index (χ1n) is 5.88. The van der Waals surface area contributed by atoms with Gasteiger partial charge in [0.15, 0.2) is 9.84 Å². The van der Waals surface area contributed by atoms with Gasteiger partial charge in [0.2, 0.25) is 11.8 Å². The van der Waals surface area contributed by atoms with E-state index < -0.39 is 15.7 Å². The van der Waals surface area contributed by atoms with E-state index in [1.165, 1.54) is 0 Å². The number of rotatable bonds is 3. The maximum absolute atomic E-state index is 11.5. The highest BCUT2D eigenvalue weighted by Crippen LogP contribution is 2.11. The Kier molecular flexibility index (Phi) is 4.37. The molecule has 18 heavy (non-hydrogen) atoms. The van der Waals surface area contributed by atoms with Crippen LogP contribution >= 0.6 is 0 Å². The molecule has 1 fully saturated rings. The quantitative estimate of drug-likeness (QED) is 0.686. The lowest BCUT2D eigenvalue weighted by Crippen LogP contribution is -2.44. The van der Waals surface area contributed by atoms with Crippen LogP contribution in [0.25, 0.3) is 0 Å². The van der Waals surface area contributed by atoms with E-state index in [1.54, 1.807) is 0 Å². The van der Waals surface area contributed by atoms with Crippen LogP contribution in [-0.2, 0) is 19.4 Å². The van der Waals surface area contributed by atoms with Crippen LogP contribution in [0.2, 0.25) is 0 Å². The van der Waals surface area contributed by atoms with Crippen LogP contribution in [0.3, 0.4) is 0 Å². The summed E-state index contributed by atoms with van der Waals surface area (Å²) in [5, 5.41) is 5.25. The second kappa shape index (κ2) is 5.26. The van der Waals surface area contributed by atoms with E-state index in [2.05, 4.69) is 10.6 Å². The molecular formula is C11H20N2O4S. The van der Waals surface area contributed by atoms with Crippen LogP contribution in [0, 0.1) is 0 Å². The molecular weight excluding hydrogens is 256 g/mol. The first-order valence-corrected chi connectivity index (χ1v) is 7.70. The summed E-state index contributed by atoms with van der Waals surface area (Å²) < 4.78 is 22.4. The zero-order valence-corrected chi connectivity index (χ0v) is 11.8. The Hall–Kier alpha value is -1.11. The van der Waals surface area contributed by atoms with Crippen molar-refractivity contribution in [1.82, 2.24) is 10.6 Å². The van der Waals surface area contributed by atoms with E-state index >= 15 is 0 Å². The van der Waals surface area contributed by atoms with Crippen molar-refractivity contribution in [3.63, 3.8) is 0 Å². The number of nitrogens with one attached hydrogen (secondary N) is 2. The van der Waals surface area contributed by atoms with Gasteiger partial charge in [-0.15, -0.1) is 0 Å². The molecule has 1 atom stereocenters. The van der Waals surface area contributed by atoms with Gasteiger partial charge in [-0.05, 0) is 27.2 Å². The molecule has 0 aliphatic carbocycles. The number of hydrogen-bond donors (Lipinski definition) is 2. The first kappa shape index (κ1) is 14.9. The number of amides is 2. The monoisotopic (exact) mass is 276 g/mol. The van der Waals surface area contributed by atoms with Gasteiger partial charge in [0, 0.05) is 11.6 Å². The molecule has 6 nitrogen and oxygen atoms in total. The summed E-state index contributed by atoms with van der Waals surface area (Å²) in [7, 11) is -3.01. The fourth-order valence-electron chi connectivity index (χ4n) is 1.80. The zero-order valence-electron chi connectivity index (χ0n) is 10.9. The molecule has 7 heteroatoms. The Morgan fingerprint density at radius 1 is 1.22 bits per heavy atom. The lowest BCUT2D eigenvalue weighted by atomic mass is 10.1. The molecule has 2 N–H and O–H groups in total. The molecule has 1 aliphatic heterocycles. The normalized spacial score (nSPS) is 22.5. The van der Waals surface area contributed by atoms with Gasteiger partial charge in [-0.3, -0.25) is 9.59 Å². The maximum atomic E-state index is 11.5. The standard InChI is InChI=1S/C11H20N2O4S/c1-11(2,3)13-10(15)6-9(14)12-8-4-5-18(16,17)7-8/h8H,4-7H2,1-3H3,(H,12,14)(H,13,15). The van der Waals surface area contributed by atoms with Crippen LogP contribution in [-0.4, -0.2) is 43.3 Å². The van der Waals surface area contributed by atoms with Gasteiger partial charge in [-0.2, -0.15) is 0 Å². The highest BCUT2D eigenvalue weighted by atomic mass is 32.2. The predicted molar refractivity (Wildman–Crippen MR) is 67.7 cm³/mol. The molecule has 1 heterocycles. The molecule has 2 amide bonds. The van der Waals surface area contributed by atoms with Crippen molar-refractivity contribution < 1.29 is 18.0 Å². The molecule has 0 saturated carbocycles. The van der Waals surface area contributed by atoms with Crippen LogP contribution in [0.1, 0.15) is 33.6 Å². The smallest absolute Gasteiger partial charge is 0.229 e. The van der Waals surface area contributed by atoms with Gasteiger partial charge >= 0.3 is 0 Å². The minimum Gasteiger partial charge on any atom is -0.352 e. The third-order valence-electron chi connectivity index (χ3n) is 2.43. The minimum atomic E-state index is -3.01. The van der Waals surface area contributed by atoms with E-state index in [9.17, 15) is 18.0 Å². The average molecular weight is 276 g/mol. The molecule has 0 radical (unpaired) electrons. The summed E-state index contributed by atoms with van der Waals surface area (Å²) in [5.74, 6) is -0.717. The van der Waals surface area contributed by atoms with E-state index in [0.29, 0.717) is 6.42 Å². The van der Waals surface area contributed by atoms with Gasteiger partial charge in [-0.25, -0.2) is 8.42 Å². The summed E-state index contributed by atoms with van der Waals surface area (Å²) in [6.45, 7) is 5.48. The first-order chi connectivity index (χ1) is 8.07. The Balaban J connectivity index is 2.37. The van der Waals surface area contributed by atoms with Gasteiger partial charge < -0.3 is 10.6 Å². The largest absolute Gasteiger partial charge is 0.352 e. The Bertz CT molecular complexity index is 436. The van der Waals surface area contributed by atoms with Crippen molar-refractivity contribution in [2.24, 2.45) is 0 Å². The molecule has 0 spiro atoms. The van der Waals surface area contributed by atoms with E-state index in [0.717, 1.165) is 0 Å². The molecule has 0 aromatic heterocycles. The van der Waals surface area contributed by atoms with Gasteiger partial charge in [0.05, 0.1) is 11.5 Å². The molecule has 1 rings (SSSR count). The summed E-state index contributed by atoms with van der Waals surface area (Å²) >= 11 is 0. The van der Waals surface area contributed by atoms with Gasteiger partial charge in [0.1, 0.15) is 6.42 Å². The number of hydrogen-bond acceptors (Lipinski definition) is 4. The summed E-state index contributed by atoms with van der Waals surface area (Å²) in [6, 6.07) is -0.357. The number of carbonyl (C=O) groups excluding carboxylic acids is 2. The molecule has 0 bridgehead atoms. The maximum Gasteiger partial charge on any atom is 0.229 e. The molecule has 1 saturated heterocycles. The average Bonchev–Trinajstić information content (AvgIpc) is 2.40. The lowest BCUT2D eigenvalue weighted by molar-refractivity contribution is -0.130. The number of sulfone groups is 1. The third-order valence-corrected chi connectivity index (χ3v) is 4.20. The fraction of sp³-hybridized carbons (Fsp3) is 0.818. The lowest BCUT2D eigenvalue weighted by Gasteiger charge is -2.20.